The highest BCUT2D eigenvalue weighted by atomic mass is 16.5. The second kappa shape index (κ2) is 9.65. The molecule has 1 fully saturated rings. The number of benzene rings is 2. The number of piperazine rings is 1. The number of aryl methyl sites for hydroxylation is 2. The highest BCUT2D eigenvalue weighted by molar-refractivity contribution is 6.01. The van der Waals surface area contributed by atoms with Crippen LogP contribution in [0.3, 0.4) is 0 Å². The van der Waals surface area contributed by atoms with Crippen molar-refractivity contribution in [1.29, 1.82) is 0 Å². The number of fused-ring (bicyclic) bond motifs is 1. The first-order chi connectivity index (χ1) is 17.5. The van der Waals surface area contributed by atoms with E-state index in [0.717, 1.165) is 28.0 Å². The van der Waals surface area contributed by atoms with Crippen LogP contribution in [0.1, 0.15) is 21.7 Å². The highest BCUT2D eigenvalue weighted by Crippen LogP contribution is 2.30. The van der Waals surface area contributed by atoms with Gasteiger partial charge in [-0.1, -0.05) is 30.3 Å². The average Bonchev–Trinajstić information content (AvgIpc) is 3.27. The van der Waals surface area contributed by atoms with E-state index in [1.54, 1.807) is 29.2 Å². The van der Waals surface area contributed by atoms with Gasteiger partial charge in [-0.25, -0.2) is 14.3 Å². The number of carbonyl (C=O) groups excluding carboxylic acids is 2. The number of carbonyl (C=O) groups is 2. The van der Waals surface area contributed by atoms with E-state index in [1.165, 1.54) is 7.11 Å². The molecule has 2 amide bonds. The second-order valence-corrected chi connectivity index (χ2v) is 8.61. The van der Waals surface area contributed by atoms with Crippen molar-refractivity contribution in [2.75, 3.05) is 43.5 Å². The third-order valence-corrected chi connectivity index (χ3v) is 6.43. The largest absolute Gasteiger partial charge is 0.465 e. The van der Waals surface area contributed by atoms with Crippen molar-refractivity contribution < 1.29 is 14.3 Å². The molecule has 36 heavy (non-hydrogen) atoms. The normalized spacial score (nSPS) is 13.6. The molecule has 0 atom stereocenters. The zero-order valence-corrected chi connectivity index (χ0v) is 20.4. The number of methoxy groups -OCH3 is 1. The Labute approximate surface area is 208 Å². The quantitative estimate of drug-likeness (QED) is 0.441. The van der Waals surface area contributed by atoms with Crippen LogP contribution in [-0.4, -0.2) is 70.2 Å². The summed E-state index contributed by atoms with van der Waals surface area (Å²) in [6.45, 7) is 6.11. The molecular weight excluding hydrogens is 458 g/mol. The number of ether oxygens (including phenoxy) is 1. The van der Waals surface area contributed by atoms with Gasteiger partial charge in [0.05, 0.1) is 40.8 Å². The summed E-state index contributed by atoms with van der Waals surface area (Å²) >= 11 is 0. The average molecular weight is 486 g/mol. The fourth-order valence-electron chi connectivity index (χ4n) is 4.54. The van der Waals surface area contributed by atoms with Gasteiger partial charge >= 0.3 is 12.0 Å². The Morgan fingerprint density at radius 1 is 0.917 bits per heavy atom. The molecule has 3 heterocycles. The number of nitrogens with one attached hydrogen (secondary N) is 1. The van der Waals surface area contributed by atoms with Crippen molar-refractivity contribution >= 4 is 34.4 Å². The molecular formula is C26H27N7O3. The van der Waals surface area contributed by atoms with Crippen LogP contribution in [0, 0.1) is 13.8 Å². The molecule has 5 rings (SSSR count). The van der Waals surface area contributed by atoms with Crippen molar-refractivity contribution in [3.63, 3.8) is 0 Å². The molecule has 4 aromatic rings. The van der Waals surface area contributed by atoms with Gasteiger partial charge in [-0.3, -0.25) is 0 Å². The first kappa shape index (κ1) is 23.3. The zero-order valence-electron chi connectivity index (χ0n) is 20.4. The predicted molar refractivity (Wildman–Crippen MR) is 137 cm³/mol. The van der Waals surface area contributed by atoms with Crippen LogP contribution in [0.25, 0.3) is 16.6 Å². The lowest BCUT2D eigenvalue weighted by Gasteiger charge is -2.35. The number of anilines is 2. The molecule has 0 bridgehead atoms. The minimum Gasteiger partial charge on any atom is -0.465 e. The van der Waals surface area contributed by atoms with Crippen LogP contribution >= 0.6 is 0 Å². The minimum absolute atomic E-state index is 0.268. The van der Waals surface area contributed by atoms with Crippen molar-refractivity contribution in [2.24, 2.45) is 0 Å². The SMILES string of the molecule is COC(=O)c1ccccc1NC(=O)N1CCN(c2nnc(C)c3c(C)n(-c4ccccc4)nc23)CC1. The first-order valence-electron chi connectivity index (χ1n) is 11.7. The fourth-order valence-corrected chi connectivity index (χ4v) is 4.54. The van der Waals surface area contributed by atoms with Gasteiger partial charge < -0.3 is 19.9 Å². The number of hydrogen-bond donors (Lipinski definition) is 1. The Hall–Kier alpha value is -4.47. The topological polar surface area (TPSA) is 105 Å². The number of amides is 2. The molecule has 10 nitrogen and oxygen atoms in total. The van der Waals surface area contributed by atoms with Gasteiger partial charge in [0.2, 0.25) is 0 Å². The summed E-state index contributed by atoms with van der Waals surface area (Å²) in [4.78, 5) is 28.8. The van der Waals surface area contributed by atoms with Gasteiger partial charge in [-0.15, -0.1) is 5.10 Å². The van der Waals surface area contributed by atoms with Crippen LogP contribution in [0.5, 0.6) is 0 Å². The van der Waals surface area contributed by atoms with E-state index in [-0.39, 0.29) is 6.03 Å². The molecule has 1 aliphatic rings. The molecule has 0 saturated carbocycles. The van der Waals surface area contributed by atoms with Crippen molar-refractivity contribution in [3.05, 3.63) is 71.5 Å². The number of para-hydroxylation sites is 2. The number of hydrogen-bond acceptors (Lipinski definition) is 7. The van der Waals surface area contributed by atoms with Crippen molar-refractivity contribution in [3.8, 4) is 5.69 Å². The van der Waals surface area contributed by atoms with Crippen LogP contribution in [0.2, 0.25) is 0 Å². The first-order valence-corrected chi connectivity index (χ1v) is 11.7. The molecule has 0 radical (unpaired) electrons. The van der Waals surface area contributed by atoms with E-state index in [9.17, 15) is 9.59 Å². The number of nitrogens with zero attached hydrogens (tertiary/aromatic N) is 6. The van der Waals surface area contributed by atoms with Crippen LogP contribution in [0.15, 0.2) is 54.6 Å². The van der Waals surface area contributed by atoms with E-state index in [2.05, 4.69) is 20.4 Å². The van der Waals surface area contributed by atoms with Gasteiger partial charge in [0.25, 0.3) is 0 Å². The lowest BCUT2D eigenvalue weighted by atomic mass is 10.2. The number of rotatable bonds is 4. The van der Waals surface area contributed by atoms with E-state index in [1.807, 2.05) is 48.9 Å². The number of urea groups is 1. The monoisotopic (exact) mass is 485 g/mol. The lowest BCUT2D eigenvalue weighted by Crippen LogP contribution is -2.50. The summed E-state index contributed by atoms with van der Waals surface area (Å²) in [5.74, 6) is 0.215. The highest BCUT2D eigenvalue weighted by Gasteiger charge is 2.26. The smallest absolute Gasteiger partial charge is 0.339 e. The number of aromatic nitrogens is 4. The second-order valence-electron chi connectivity index (χ2n) is 8.61. The van der Waals surface area contributed by atoms with Crippen molar-refractivity contribution in [2.45, 2.75) is 13.8 Å². The maximum absolute atomic E-state index is 12.9. The molecule has 1 saturated heterocycles. The summed E-state index contributed by atoms with van der Waals surface area (Å²) in [6, 6.07) is 16.5. The van der Waals surface area contributed by atoms with Crippen LogP contribution in [-0.2, 0) is 4.74 Å². The third-order valence-electron chi connectivity index (χ3n) is 6.43. The maximum Gasteiger partial charge on any atom is 0.339 e. The van der Waals surface area contributed by atoms with Gasteiger partial charge in [-0.2, -0.15) is 10.2 Å². The van der Waals surface area contributed by atoms with Gasteiger partial charge in [0.15, 0.2) is 5.82 Å². The standard InChI is InChI=1S/C26H27N7O3/c1-17-22-18(2)33(19-9-5-4-6-10-19)30-23(22)24(29-28-17)31-13-15-32(16-14-31)26(35)27-21-12-8-7-11-20(21)25(34)36-3/h4-12H,13-16H2,1-3H3,(H,27,35). The summed E-state index contributed by atoms with van der Waals surface area (Å²) < 4.78 is 6.74. The van der Waals surface area contributed by atoms with Gasteiger partial charge in [-0.05, 0) is 38.1 Å². The van der Waals surface area contributed by atoms with Crippen molar-refractivity contribution in [1.82, 2.24) is 24.9 Å². The number of esters is 1. The predicted octanol–water partition coefficient (Wildman–Crippen LogP) is 3.57. The molecule has 0 unspecified atom stereocenters. The van der Waals surface area contributed by atoms with Gasteiger partial charge in [0, 0.05) is 26.2 Å². The molecule has 1 N–H and O–H groups in total. The summed E-state index contributed by atoms with van der Waals surface area (Å²) in [6.07, 6.45) is 0. The van der Waals surface area contributed by atoms with Crippen LogP contribution in [0.4, 0.5) is 16.3 Å². The molecule has 0 aliphatic carbocycles. The Kier molecular flexibility index (Phi) is 6.24. The summed E-state index contributed by atoms with van der Waals surface area (Å²) in [7, 11) is 1.31. The van der Waals surface area contributed by atoms with E-state index in [0.29, 0.717) is 43.2 Å². The Morgan fingerprint density at radius 2 is 1.61 bits per heavy atom. The third kappa shape index (κ3) is 4.21. The molecule has 0 spiro atoms. The van der Waals surface area contributed by atoms with E-state index < -0.39 is 5.97 Å². The summed E-state index contributed by atoms with van der Waals surface area (Å²) in [5, 5.41) is 17.6. The van der Waals surface area contributed by atoms with E-state index >= 15 is 0 Å². The Bertz CT molecular complexity index is 1430. The van der Waals surface area contributed by atoms with Crippen LogP contribution < -0.4 is 10.2 Å². The molecule has 10 heteroatoms. The maximum atomic E-state index is 12.9. The molecule has 2 aromatic carbocycles. The van der Waals surface area contributed by atoms with E-state index in [4.69, 9.17) is 9.84 Å². The Balaban J connectivity index is 1.34. The minimum atomic E-state index is -0.497. The molecule has 2 aromatic heterocycles. The Morgan fingerprint density at radius 3 is 2.33 bits per heavy atom. The fraction of sp³-hybridized carbons (Fsp3) is 0.269. The summed E-state index contributed by atoms with van der Waals surface area (Å²) in [5.41, 5.74) is 4.35. The zero-order chi connectivity index (χ0) is 25.2. The molecule has 184 valence electrons. The lowest BCUT2D eigenvalue weighted by molar-refractivity contribution is 0.0602. The van der Waals surface area contributed by atoms with Gasteiger partial charge in [0.1, 0.15) is 5.52 Å². The molecule has 1 aliphatic heterocycles.